The van der Waals surface area contributed by atoms with Gasteiger partial charge in [0.2, 0.25) is 5.91 Å². The number of hydrogen-bond acceptors (Lipinski definition) is 9. The third-order valence-corrected chi connectivity index (χ3v) is 14.4. The van der Waals surface area contributed by atoms with E-state index < -0.39 is 14.3 Å². The number of amides is 1. The predicted molar refractivity (Wildman–Crippen MR) is 165 cm³/mol. The van der Waals surface area contributed by atoms with E-state index in [0.717, 1.165) is 35.0 Å². The summed E-state index contributed by atoms with van der Waals surface area (Å²) in [6.07, 6.45) is 3.43. The first kappa shape index (κ1) is 31.0. The third kappa shape index (κ3) is 6.42. The van der Waals surface area contributed by atoms with Crippen LogP contribution in [0, 0.1) is 11.8 Å². The number of pyridine rings is 1. The highest BCUT2D eigenvalue weighted by Gasteiger charge is 2.61. The molecule has 2 aliphatic rings. The molecule has 2 aliphatic heterocycles. The molecule has 9 nitrogen and oxygen atoms in total. The second-order valence-electron chi connectivity index (χ2n) is 10.7. The molecule has 0 spiro atoms. The Morgan fingerprint density at radius 3 is 2.62 bits per heavy atom. The van der Waals surface area contributed by atoms with Crippen LogP contribution in [0.1, 0.15) is 45.9 Å². The Morgan fingerprint density at radius 1 is 1.27 bits per heavy atom. The summed E-state index contributed by atoms with van der Waals surface area (Å²) in [6, 6.07) is 6.95. The molecule has 0 saturated carbocycles. The van der Waals surface area contributed by atoms with Gasteiger partial charge in [-0.05, 0) is 42.3 Å². The molecule has 40 heavy (non-hydrogen) atoms. The Morgan fingerprint density at radius 2 is 2.02 bits per heavy atom. The van der Waals surface area contributed by atoms with Crippen LogP contribution in [-0.2, 0) is 31.6 Å². The number of rotatable bonds is 15. The molecule has 1 N–H and O–H groups in total. The van der Waals surface area contributed by atoms with Crippen molar-refractivity contribution in [3.63, 3.8) is 0 Å². The number of fused-ring (bicyclic) bond motifs is 1. The molecule has 1 saturated heterocycles. The first-order chi connectivity index (χ1) is 19.3. The lowest BCUT2D eigenvalue weighted by Gasteiger charge is -2.49. The SMILES string of the molecule is BNPOC(=O)C1=C(CN(Cc2cccnc2)Cc2cscn2)[C@H](C)[C@@H]2[C@@H]([C@@H](C)O[Si](CC)(CC)CC)C(=O)N12. The van der Waals surface area contributed by atoms with Crippen molar-refractivity contribution in [3.05, 3.63) is 57.9 Å². The van der Waals surface area contributed by atoms with Gasteiger partial charge in [0.25, 0.3) is 0 Å². The van der Waals surface area contributed by atoms with Gasteiger partial charge in [0.1, 0.15) is 14.7 Å². The van der Waals surface area contributed by atoms with Crippen LogP contribution in [0.25, 0.3) is 0 Å². The molecule has 0 aliphatic carbocycles. The number of aromatic nitrogens is 2. The van der Waals surface area contributed by atoms with E-state index in [2.05, 4.69) is 47.6 Å². The second kappa shape index (κ2) is 13.8. The summed E-state index contributed by atoms with van der Waals surface area (Å²) in [5, 5.41) is 2.04. The maximum absolute atomic E-state index is 13.7. The van der Waals surface area contributed by atoms with Crippen molar-refractivity contribution in [2.24, 2.45) is 11.8 Å². The topological polar surface area (TPSA) is 96.9 Å². The quantitative estimate of drug-likeness (QED) is 0.187. The smallest absolute Gasteiger partial charge is 0.358 e. The zero-order valence-corrected chi connectivity index (χ0v) is 27.2. The van der Waals surface area contributed by atoms with Crippen molar-refractivity contribution in [2.75, 3.05) is 6.54 Å². The Kier molecular flexibility index (Phi) is 10.7. The summed E-state index contributed by atoms with van der Waals surface area (Å²) in [6.45, 7) is 12.6. The minimum Gasteiger partial charge on any atom is -0.428 e. The van der Waals surface area contributed by atoms with Crippen molar-refractivity contribution in [2.45, 2.75) is 78.0 Å². The molecule has 4 heterocycles. The molecule has 5 atom stereocenters. The molecule has 1 fully saturated rings. The van der Waals surface area contributed by atoms with Gasteiger partial charge in [0, 0.05) is 43.3 Å². The third-order valence-electron chi connectivity index (χ3n) is 8.50. The van der Waals surface area contributed by atoms with Crippen LogP contribution >= 0.6 is 20.3 Å². The number of hydrogen-bond donors (Lipinski definition) is 1. The molecule has 0 bridgehead atoms. The van der Waals surface area contributed by atoms with Crippen LogP contribution in [0.2, 0.25) is 18.1 Å². The highest BCUT2D eigenvalue weighted by Crippen LogP contribution is 2.49. The molecule has 0 aromatic carbocycles. The summed E-state index contributed by atoms with van der Waals surface area (Å²) in [4.78, 5) is 42.8. The summed E-state index contributed by atoms with van der Waals surface area (Å²) in [7, 11) is -0.351. The van der Waals surface area contributed by atoms with Crippen LogP contribution in [0.4, 0.5) is 0 Å². The van der Waals surface area contributed by atoms with E-state index >= 15 is 0 Å². The van der Waals surface area contributed by atoms with E-state index in [1.54, 1.807) is 30.4 Å². The molecular weight excluding hydrogens is 560 g/mol. The van der Waals surface area contributed by atoms with Gasteiger partial charge in [-0.2, -0.15) is 0 Å². The van der Waals surface area contributed by atoms with Gasteiger partial charge in [-0.25, -0.2) is 9.78 Å². The van der Waals surface area contributed by atoms with Gasteiger partial charge in [-0.15, -0.1) is 11.3 Å². The first-order valence-corrected chi connectivity index (χ1v) is 18.5. The molecule has 1 unspecified atom stereocenters. The summed E-state index contributed by atoms with van der Waals surface area (Å²) < 4.78 is 12.3. The van der Waals surface area contributed by atoms with Gasteiger partial charge in [0.15, 0.2) is 16.3 Å². The Labute approximate surface area is 245 Å². The average molecular weight is 602 g/mol. The number of carbonyl (C=O) groups excluding carboxylic acids is 2. The Bertz CT molecular complexity index is 1180. The standard InChI is InChI=1S/C27H41BN5O4PSSi/c1-6-40(7-2,8-3)37-19(5)23-24-18(4)22(25(33(24)26(23)34)27(35)36-38-31-28)15-32(14-21-16-39-17-30-21)13-20-10-9-11-29-12-20/h9-12,16-19,23-24,31,38H,6-8,13-15,28H2,1-5H3/t18-,19+,23+,24+/m0/s1. The fourth-order valence-corrected chi connectivity index (χ4v) is 9.92. The minimum atomic E-state index is -1.90. The van der Waals surface area contributed by atoms with Crippen molar-refractivity contribution >= 4 is 48.5 Å². The fourth-order valence-electron chi connectivity index (χ4n) is 6.15. The maximum Gasteiger partial charge on any atom is 0.358 e. The van der Waals surface area contributed by atoms with Gasteiger partial charge in [0.05, 0.1) is 29.3 Å². The molecule has 4 rings (SSSR count). The lowest BCUT2D eigenvalue weighted by molar-refractivity contribution is -0.161. The van der Waals surface area contributed by atoms with E-state index in [0.29, 0.717) is 25.3 Å². The number of nitrogens with one attached hydrogen (secondary N) is 1. The largest absolute Gasteiger partial charge is 0.428 e. The Balaban J connectivity index is 1.64. The predicted octanol–water partition coefficient (Wildman–Crippen LogP) is 3.87. The summed E-state index contributed by atoms with van der Waals surface area (Å²) >= 11 is 1.56. The summed E-state index contributed by atoms with van der Waals surface area (Å²) in [5.74, 6) is -0.777. The van der Waals surface area contributed by atoms with Gasteiger partial charge >= 0.3 is 5.97 Å². The number of β-lactam (4-membered cyclic amide) rings is 1. The van der Waals surface area contributed by atoms with E-state index in [4.69, 9.17) is 8.95 Å². The van der Waals surface area contributed by atoms with Crippen LogP contribution in [0.5, 0.6) is 0 Å². The van der Waals surface area contributed by atoms with E-state index in [1.165, 1.54) is 0 Å². The average Bonchev–Trinajstić information content (AvgIpc) is 3.55. The molecular formula is C27H41BN5O4PSSi. The Hall–Kier alpha value is -1.95. The minimum absolute atomic E-state index is 0.0120. The lowest BCUT2D eigenvalue weighted by atomic mass is 9.77. The number of nitrogens with zero attached hydrogens (tertiary/aromatic N) is 4. The number of thiazole rings is 1. The van der Waals surface area contributed by atoms with Crippen LogP contribution < -0.4 is 5.00 Å². The summed E-state index contributed by atoms with van der Waals surface area (Å²) in [5.41, 5.74) is 5.21. The molecule has 1 amide bonds. The zero-order chi connectivity index (χ0) is 28.9. The molecule has 2 aromatic rings. The van der Waals surface area contributed by atoms with Gasteiger partial charge in [-0.3, -0.25) is 14.7 Å². The normalized spacial score (nSPS) is 21.8. The van der Waals surface area contributed by atoms with Crippen molar-refractivity contribution in [3.8, 4) is 0 Å². The van der Waals surface area contributed by atoms with Gasteiger partial charge in [-0.1, -0.05) is 33.8 Å². The highest BCUT2D eigenvalue weighted by atomic mass is 32.1. The van der Waals surface area contributed by atoms with Crippen molar-refractivity contribution < 1.29 is 18.5 Å². The lowest BCUT2D eigenvalue weighted by Crippen LogP contribution is -2.65. The van der Waals surface area contributed by atoms with E-state index in [1.807, 2.05) is 36.1 Å². The maximum atomic E-state index is 13.7. The van der Waals surface area contributed by atoms with Crippen molar-refractivity contribution in [1.29, 1.82) is 0 Å². The molecule has 0 radical (unpaired) electrons. The molecule has 2 aromatic heterocycles. The number of carbonyl (C=O) groups is 2. The van der Waals surface area contributed by atoms with Gasteiger partial charge < -0.3 is 18.8 Å². The molecule has 216 valence electrons. The fraction of sp³-hybridized carbons (Fsp3) is 0.556. The highest BCUT2D eigenvalue weighted by molar-refractivity contribution is 7.32. The van der Waals surface area contributed by atoms with Crippen LogP contribution in [-0.4, -0.2) is 66.6 Å². The second-order valence-corrected chi connectivity index (χ2v) is 17.0. The monoisotopic (exact) mass is 601 g/mol. The van der Waals surface area contributed by atoms with Crippen LogP contribution in [0.3, 0.4) is 0 Å². The van der Waals surface area contributed by atoms with E-state index in [9.17, 15) is 9.59 Å². The van der Waals surface area contributed by atoms with Crippen LogP contribution in [0.15, 0.2) is 46.7 Å². The first-order valence-electron chi connectivity index (χ1n) is 14.1. The molecule has 13 heteroatoms. The zero-order valence-electron chi connectivity index (χ0n) is 24.3. The van der Waals surface area contributed by atoms with E-state index in [-0.39, 0.29) is 38.8 Å². The van der Waals surface area contributed by atoms with Crippen molar-refractivity contribution in [1.82, 2.24) is 24.8 Å².